The number of fused-ring (bicyclic) bond motifs is 3. The van der Waals surface area contributed by atoms with Gasteiger partial charge in [0.1, 0.15) is 15.8 Å². The lowest BCUT2D eigenvalue weighted by Gasteiger charge is -2.20. The van der Waals surface area contributed by atoms with Gasteiger partial charge < -0.3 is 24.5 Å². The van der Waals surface area contributed by atoms with Crippen molar-refractivity contribution in [2.45, 2.75) is 12.0 Å². The van der Waals surface area contributed by atoms with Crippen LogP contribution in [0.4, 0.5) is 4.79 Å². The summed E-state index contributed by atoms with van der Waals surface area (Å²) in [5.41, 5.74) is 4.05. The molecule has 0 saturated heterocycles. The molecule has 0 spiro atoms. The van der Waals surface area contributed by atoms with Crippen LogP contribution in [0.3, 0.4) is 0 Å². The zero-order chi connectivity index (χ0) is 20.3. The molecule has 1 aliphatic rings. The van der Waals surface area contributed by atoms with Crippen LogP contribution in [0.1, 0.15) is 17.0 Å². The Kier molecular flexibility index (Phi) is 5.92. The number of carboxylic acid groups (broad SMARTS) is 1. The fraction of sp³-hybridized carbons (Fsp3) is 0.222. The van der Waals surface area contributed by atoms with Crippen molar-refractivity contribution in [1.29, 1.82) is 0 Å². The van der Waals surface area contributed by atoms with Gasteiger partial charge in [-0.05, 0) is 33.0 Å². The second-order valence-electron chi connectivity index (χ2n) is 6.03. The normalized spacial score (nSPS) is 14.0. The van der Waals surface area contributed by atoms with Gasteiger partial charge in [-0.3, -0.25) is 0 Å². The lowest BCUT2D eigenvalue weighted by Crippen LogP contribution is -2.49. The monoisotopic (exact) mass is 421 g/mol. The van der Waals surface area contributed by atoms with Crippen molar-refractivity contribution in [1.82, 2.24) is 5.32 Å². The molecule has 2 aromatic carbocycles. The van der Waals surface area contributed by atoms with Crippen LogP contribution in [0.25, 0.3) is 11.1 Å². The Balaban J connectivity index is 1.66. The van der Waals surface area contributed by atoms with Crippen molar-refractivity contribution in [2.24, 2.45) is 0 Å². The van der Waals surface area contributed by atoms with E-state index in [0.29, 0.717) is 0 Å². The van der Waals surface area contributed by atoms with Crippen LogP contribution < -0.4 is 10.4 Å². The van der Waals surface area contributed by atoms with Crippen molar-refractivity contribution in [3.8, 4) is 11.1 Å². The highest BCUT2D eigenvalue weighted by atomic mass is 33.1. The first-order valence-electron chi connectivity index (χ1n) is 8.19. The molecule has 2 aromatic rings. The number of nitrogens with one attached hydrogen (secondary N) is 1. The number of rotatable bonds is 7. The molecule has 148 valence electrons. The van der Waals surface area contributed by atoms with Crippen LogP contribution in [0, 0.1) is 0 Å². The van der Waals surface area contributed by atoms with E-state index in [-0.39, 0.29) is 23.3 Å². The molecule has 0 heterocycles. The Bertz CT molecular complexity index is 961. The molecular formula is C18H15NO7S2-2. The minimum absolute atomic E-state index is 0.0351. The van der Waals surface area contributed by atoms with E-state index in [4.69, 9.17) is 4.74 Å². The smallest absolute Gasteiger partial charge is 0.407 e. The van der Waals surface area contributed by atoms with Crippen LogP contribution in [0.2, 0.25) is 0 Å². The maximum Gasteiger partial charge on any atom is 0.407 e. The Labute approximate surface area is 165 Å². The standard InChI is InChI=1S/C18H17NO7S2/c20-17(21)16(10-27-28(23,24)25)19-18(22)26-9-15-13-7-3-1-5-11(13)12-6-2-4-8-14(12)15/h1-8,15-16H,9-10H2,(H,19,22)(H,20,21)(H,23,24,25)/p-2. The summed E-state index contributed by atoms with van der Waals surface area (Å²) in [7, 11) is -4.83. The molecule has 10 heteroatoms. The SMILES string of the molecule is O=C(NC(CSS(=O)(=O)[O-])C(=O)[O-])OCC1c2ccccc2-c2ccccc21. The van der Waals surface area contributed by atoms with Crippen molar-refractivity contribution >= 4 is 32.0 Å². The van der Waals surface area contributed by atoms with Crippen molar-refractivity contribution in [3.05, 3.63) is 59.7 Å². The van der Waals surface area contributed by atoms with Crippen molar-refractivity contribution in [3.63, 3.8) is 0 Å². The average molecular weight is 421 g/mol. The number of aliphatic carboxylic acids is 1. The minimum Gasteiger partial charge on any atom is -0.739 e. The summed E-state index contributed by atoms with van der Waals surface area (Å²) < 4.78 is 37.1. The number of carboxylic acids is 1. The number of ether oxygens (including phenoxy) is 1. The van der Waals surface area contributed by atoms with Gasteiger partial charge in [-0.1, -0.05) is 48.5 Å². The van der Waals surface area contributed by atoms with Gasteiger partial charge in [0, 0.05) is 11.7 Å². The van der Waals surface area contributed by atoms with Gasteiger partial charge >= 0.3 is 6.09 Å². The van der Waals surface area contributed by atoms with Crippen LogP contribution in [-0.2, 0) is 18.7 Å². The predicted molar refractivity (Wildman–Crippen MR) is 99.2 cm³/mol. The lowest BCUT2D eigenvalue weighted by atomic mass is 9.98. The van der Waals surface area contributed by atoms with E-state index in [1.165, 1.54) is 0 Å². The van der Waals surface area contributed by atoms with Crippen LogP contribution in [-0.4, -0.2) is 43.4 Å². The minimum atomic E-state index is -4.70. The van der Waals surface area contributed by atoms with E-state index in [9.17, 15) is 27.7 Å². The van der Waals surface area contributed by atoms with Gasteiger partial charge in [0.05, 0.1) is 12.0 Å². The summed E-state index contributed by atoms with van der Waals surface area (Å²) in [5, 5.41) is 13.1. The summed E-state index contributed by atoms with van der Waals surface area (Å²) in [6.45, 7) is -0.0351. The molecule has 8 nitrogen and oxygen atoms in total. The molecule has 1 atom stereocenters. The molecule has 3 rings (SSSR count). The molecule has 1 amide bonds. The molecule has 0 aliphatic heterocycles. The highest BCUT2D eigenvalue weighted by Gasteiger charge is 2.29. The number of alkyl carbamates (subject to hydrolysis) is 1. The number of benzene rings is 2. The third-order valence-electron chi connectivity index (χ3n) is 4.30. The average Bonchev–Trinajstić information content (AvgIpc) is 2.96. The molecule has 1 N–H and O–H groups in total. The van der Waals surface area contributed by atoms with E-state index in [0.717, 1.165) is 22.3 Å². The zero-order valence-corrected chi connectivity index (χ0v) is 16.0. The van der Waals surface area contributed by atoms with E-state index in [2.05, 4.69) is 0 Å². The first-order chi connectivity index (χ1) is 13.3. The van der Waals surface area contributed by atoms with Gasteiger partial charge in [0.2, 0.25) is 0 Å². The number of hydrogen-bond acceptors (Lipinski definition) is 8. The highest BCUT2D eigenvalue weighted by Crippen LogP contribution is 2.44. The van der Waals surface area contributed by atoms with Gasteiger partial charge in [0.25, 0.3) is 0 Å². The summed E-state index contributed by atoms with van der Waals surface area (Å²) in [5.74, 6) is -2.61. The number of amides is 1. The maximum absolute atomic E-state index is 12.0. The second kappa shape index (κ2) is 8.21. The third kappa shape index (κ3) is 4.64. The van der Waals surface area contributed by atoms with E-state index >= 15 is 0 Å². The van der Waals surface area contributed by atoms with E-state index in [1.807, 2.05) is 53.8 Å². The van der Waals surface area contributed by atoms with Gasteiger partial charge in [-0.2, -0.15) is 0 Å². The number of carbonyl (C=O) groups is 2. The third-order valence-corrected chi connectivity index (χ3v) is 6.33. The predicted octanol–water partition coefficient (Wildman–Crippen LogP) is 0.837. The molecule has 1 aliphatic carbocycles. The quantitative estimate of drug-likeness (QED) is 0.513. The fourth-order valence-corrected chi connectivity index (χ4v) is 4.53. The summed E-state index contributed by atoms with van der Waals surface area (Å²) in [6, 6.07) is 13.7. The molecule has 0 bridgehead atoms. The summed E-state index contributed by atoms with van der Waals surface area (Å²) in [6.07, 6.45) is -1.04. The zero-order valence-electron chi connectivity index (χ0n) is 14.4. The molecule has 28 heavy (non-hydrogen) atoms. The van der Waals surface area contributed by atoms with Gasteiger partial charge in [-0.15, -0.1) is 0 Å². The lowest BCUT2D eigenvalue weighted by molar-refractivity contribution is -0.307. The Hall–Kier alpha value is -2.56. The number of carbonyl (C=O) groups excluding carboxylic acids is 2. The van der Waals surface area contributed by atoms with Gasteiger partial charge in [-0.25, -0.2) is 13.2 Å². The first kappa shape index (κ1) is 20.2. The van der Waals surface area contributed by atoms with E-state index < -0.39 is 33.0 Å². The topological polar surface area (TPSA) is 136 Å². The van der Waals surface area contributed by atoms with Crippen LogP contribution >= 0.6 is 10.8 Å². The first-order valence-corrected chi connectivity index (χ1v) is 11.1. The van der Waals surface area contributed by atoms with Crippen molar-refractivity contribution in [2.75, 3.05) is 12.4 Å². The number of hydrogen-bond donors (Lipinski definition) is 1. The van der Waals surface area contributed by atoms with Crippen LogP contribution in [0.5, 0.6) is 0 Å². The van der Waals surface area contributed by atoms with Gasteiger partial charge in [0.15, 0.2) is 0 Å². The Morgan fingerprint density at radius 2 is 1.61 bits per heavy atom. The maximum atomic E-state index is 12.0. The summed E-state index contributed by atoms with van der Waals surface area (Å²) in [4.78, 5) is 23.0. The highest BCUT2D eigenvalue weighted by molar-refractivity contribution is 8.69. The van der Waals surface area contributed by atoms with E-state index in [1.54, 1.807) is 0 Å². The molecule has 0 radical (unpaired) electrons. The molecular weight excluding hydrogens is 406 g/mol. The van der Waals surface area contributed by atoms with Crippen LogP contribution in [0.15, 0.2) is 48.5 Å². The Morgan fingerprint density at radius 1 is 1.07 bits per heavy atom. The molecule has 0 saturated carbocycles. The molecule has 0 fully saturated rings. The fourth-order valence-electron chi connectivity index (χ4n) is 3.10. The second-order valence-corrected chi connectivity index (χ2v) is 9.35. The molecule has 0 aromatic heterocycles. The largest absolute Gasteiger partial charge is 0.739 e. The summed E-state index contributed by atoms with van der Waals surface area (Å²) >= 11 is 0. The Morgan fingerprint density at radius 3 is 2.11 bits per heavy atom. The van der Waals surface area contributed by atoms with Crippen molar-refractivity contribution < 1.29 is 32.4 Å². The molecule has 1 unspecified atom stereocenters.